The van der Waals surface area contributed by atoms with Crippen LogP contribution >= 0.6 is 15.9 Å². The number of urea groups is 1. The van der Waals surface area contributed by atoms with Gasteiger partial charge in [-0.3, -0.25) is 14.9 Å². The maximum absolute atomic E-state index is 13.2. The number of barbiturate groups is 1. The molecule has 1 aliphatic rings. The summed E-state index contributed by atoms with van der Waals surface area (Å²) in [7, 11) is 0. The predicted molar refractivity (Wildman–Crippen MR) is 126 cm³/mol. The number of rotatable bonds is 7. The topological polar surface area (TPSA) is 84.9 Å². The van der Waals surface area contributed by atoms with Gasteiger partial charge in [0.1, 0.15) is 12.2 Å². The molecule has 0 aliphatic carbocycles. The van der Waals surface area contributed by atoms with Crippen LogP contribution in [-0.2, 0) is 9.59 Å². The Morgan fingerprint density at radius 3 is 2.31 bits per heavy atom. The zero-order chi connectivity index (χ0) is 23.4. The van der Waals surface area contributed by atoms with Crippen molar-refractivity contribution in [1.29, 1.82) is 0 Å². The number of benzene rings is 2. The van der Waals surface area contributed by atoms with E-state index in [0.29, 0.717) is 40.4 Å². The Hall–Kier alpha value is -3.39. The molecule has 0 radical (unpaired) electrons. The zero-order valence-corrected chi connectivity index (χ0v) is 19.6. The van der Waals surface area contributed by atoms with E-state index in [1.807, 2.05) is 26.8 Å². The lowest BCUT2D eigenvalue weighted by atomic mass is 10.0. The zero-order valence-electron chi connectivity index (χ0n) is 18.0. The molecule has 0 atom stereocenters. The largest absolute Gasteiger partial charge is 0.490 e. The summed E-state index contributed by atoms with van der Waals surface area (Å²) in [4.78, 5) is 39.2. The summed E-state index contributed by atoms with van der Waals surface area (Å²) < 4.78 is 11.9. The monoisotopic (exact) mass is 498 g/mol. The number of amides is 4. The average Bonchev–Trinajstić information content (AvgIpc) is 2.71. The quantitative estimate of drug-likeness (QED) is 0.339. The van der Waals surface area contributed by atoms with Crippen molar-refractivity contribution in [3.63, 3.8) is 0 Å². The fourth-order valence-corrected chi connectivity index (χ4v) is 3.76. The molecule has 166 valence electrons. The van der Waals surface area contributed by atoms with Gasteiger partial charge in [-0.05, 0) is 67.8 Å². The summed E-state index contributed by atoms with van der Waals surface area (Å²) in [5.74, 6) is -0.527. The second-order valence-electron chi connectivity index (χ2n) is 7.16. The Kier molecular flexibility index (Phi) is 7.15. The van der Waals surface area contributed by atoms with E-state index >= 15 is 0 Å². The van der Waals surface area contributed by atoms with Gasteiger partial charge in [0.25, 0.3) is 11.8 Å². The van der Waals surface area contributed by atoms with Crippen molar-refractivity contribution >= 4 is 45.5 Å². The third-order valence-electron chi connectivity index (χ3n) is 4.59. The summed E-state index contributed by atoms with van der Waals surface area (Å²) in [6, 6.07) is 7.93. The maximum Gasteiger partial charge on any atom is 0.335 e. The summed E-state index contributed by atoms with van der Waals surface area (Å²) in [5.41, 5.74) is 2.52. The normalized spacial score (nSPS) is 15.1. The Labute approximate surface area is 194 Å². The van der Waals surface area contributed by atoms with Crippen LogP contribution in [0.1, 0.15) is 23.6 Å². The molecule has 2 aromatic carbocycles. The minimum absolute atomic E-state index is 0.174. The number of halogens is 1. The molecule has 1 heterocycles. The Morgan fingerprint density at radius 1 is 1.03 bits per heavy atom. The molecule has 0 saturated carbocycles. The van der Waals surface area contributed by atoms with Crippen LogP contribution in [0.4, 0.5) is 10.5 Å². The van der Waals surface area contributed by atoms with E-state index < -0.39 is 17.8 Å². The number of imide groups is 2. The molecule has 1 fully saturated rings. The maximum atomic E-state index is 13.2. The number of carbonyl (C=O) groups excluding carboxylic acids is 3. The van der Waals surface area contributed by atoms with Crippen molar-refractivity contribution in [2.45, 2.75) is 20.8 Å². The molecule has 1 saturated heterocycles. The second-order valence-corrected chi connectivity index (χ2v) is 8.01. The number of nitrogens with zero attached hydrogens (tertiary/aromatic N) is 1. The second kappa shape index (κ2) is 9.82. The van der Waals surface area contributed by atoms with Gasteiger partial charge in [0.05, 0.1) is 12.3 Å². The highest BCUT2D eigenvalue weighted by atomic mass is 79.9. The van der Waals surface area contributed by atoms with E-state index in [2.05, 4.69) is 27.8 Å². The highest BCUT2D eigenvalue weighted by Gasteiger charge is 2.37. The molecular weight excluding hydrogens is 476 g/mol. The predicted octanol–water partition coefficient (Wildman–Crippen LogP) is 4.70. The number of anilines is 1. The van der Waals surface area contributed by atoms with Gasteiger partial charge in [0.2, 0.25) is 0 Å². The Bertz CT molecular complexity index is 1120. The van der Waals surface area contributed by atoms with Crippen LogP contribution in [0, 0.1) is 13.8 Å². The van der Waals surface area contributed by atoms with E-state index in [9.17, 15) is 14.4 Å². The first-order valence-electron chi connectivity index (χ1n) is 9.95. The fourth-order valence-electron chi connectivity index (χ4n) is 3.32. The molecule has 0 bridgehead atoms. The van der Waals surface area contributed by atoms with Gasteiger partial charge in [0, 0.05) is 4.47 Å². The first-order valence-corrected chi connectivity index (χ1v) is 10.7. The van der Waals surface area contributed by atoms with Crippen molar-refractivity contribution < 1.29 is 23.9 Å². The summed E-state index contributed by atoms with van der Waals surface area (Å²) in [6.07, 6.45) is 3.03. The van der Waals surface area contributed by atoms with Crippen molar-refractivity contribution in [1.82, 2.24) is 5.32 Å². The van der Waals surface area contributed by atoms with Gasteiger partial charge in [0.15, 0.2) is 11.5 Å². The lowest BCUT2D eigenvalue weighted by Crippen LogP contribution is -2.54. The first-order chi connectivity index (χ1) is 15.2. The molecule has 0 aromatic heterocycles. The van der Waals surface area contributed by atoms with Crippen molar-refractivity contribution in [2.24, 2.45) is 0 Å². The number of ether oxygens (including phenoxy) is 2. The number of aryl methyl sites for hydroxylation is 2. The Balaban J connectivity index is 2.05. The average molecular weight is 499 g/mol. The van der Waals surface area contributed by atoms with Crippen LogP contribution in [-0.4, -0.2) is 31.1 Å². The molecule has 7 nitrogen and oxygen atoms in total. The van der Waals surface area contributed by atoms with Gasteiger partial charge >= 0.3 is 6.03 Å². The van der Waals surface area contributed by atoms with Gasteiger partial charge < -0.3 is 9.47 Å². The molecule has 2 aromatic rings. The van der Waals surface area contributed by atoms with E-state index in [-0.39, 0.29) is 5.57 Å². The van der Waals surface area contributed by atoms with E-state index in [4.69, 9.17) is 9.47 Å². The Morgan fingerprint density at radius 2 is 1.69 bits per heavy atom. The molecule has 1 N–H and O–H groups in total. The molecule has 1 aliphatic heterocycles. The molecule has 3 rings (SSSR count). The molecular formula is C24H23BrN2O5. The van der Waals surface area contributed by atoms with Crippen LogP contribution in [0.5, 0.6) is 11.5 Å². The lowest BCUT2D eigenvalue weighted by Gasteiger charge is -2.27. The molecule has 4 amide bonds. The lowest BCUT2D eigenvalue weighted by molar-refractivity contribution is -0.122. The minimum Gasteiger partial charge on any atom is -0.490 e. The number of nitrogens with one attached hydrogen (secondary N) is 1. The van der Waals surface area contributed by atoms with E-state index in [1.165, 1.54) is 6.08 Å². The van der Waals surface area contributed by atoms with Crippen molar-refractivity contribution in [3.8, 4) is 11.5 Å². The van der Waals surface area contributed by atoms with E-state index in [0.717, 1.165) is 16.0 Å². The minimum atomic E-state index is -0.788. The molecule has 0 unspecified atom stereocenters. The van der Waals surface area contributed by atoms with Gasteiger partial charge in [-0.15, -0.1) is 0 Å². The first kappa shape index (κ1) is 23.3. The third kappa shape index (κ3) is 4.91. The van der Waals surface area contributed by atoms with Crippen LogP contribution in [0.2, 0.25) is 0 Å². The van der Waals surface area contributed by atoms with Gasteiger partial charge in [-0.25, -0.2) is 9.69 Å². The smallest absolute Gasteiger partial charge is 0.335 e. The standard InChI is InChI=1S/C24H23BrN2O5/c1-5-7-32-21-13-19(25)16(12-20(21)31-6-2)11-18-22(28)26-24(30)27(23(18)29)17-9-14(3)8-15(4)10-17/h5,8-13H,1,6-7H2,2-4H3,(H,26,28,30)/b18-11+. The van der Waals surface area contributed by atoms with Crippen LogP contribution in [0.25, 0.3) is 6.08 Å². The molecule has 0 spiro atoms. The van der Waals surface area contributed by atoms with E-state index in [1.54, 1.807) is 30.3 Å². The SMILES string of the molecule is C=CCOc1cc(Br)c(/C=C2\C(=O)NC(=O)N(c3cc(C)cc(C)c3)C2=O)cc1OCC. The highest BCUT2D eigenvalue weighted by molar-refractivity contribution is 9.10. The summed E-state index contributed by atoms with van der Waals surface area (Å²) in [6.45, 7) is 9.90. The van der Waals surface area contributed by atoms with Crippen LogP contribution < -0.4 is 19.7 Å². The number of hydrogen-bond donors (Lipinski definition) is 1. The third-order valence-corrected chi connectivity index (χ3v) is 5.27. The highest BCUT2D eigenvalue weighted by Crippen LogP contribution is 2.35. The van der Waals surface area contributed by atoms with Crippen LogP contribution in [0.3, 0.4) is 0 Å². The van der Waals surface area contributed by atoms with Gasteiger partial charge in [-0.2, -0.15) is 0 Å². The fraction of sp³-hybridized carbons (Fsp3) is 0.208. The van der Waals surface area contributed by atoms with Crippen LogP contribution in [0.15, 0.2) is 53.0 Å². The van der Waals surface area contributed by atoms with Crippen molar-refractivity contribution in [2.75, 3.05) is 18.1 Å². The summed E-state index contributed by atoms with van der Waals surface area (Å²) >= 11 is 3.45. The van der Waals surface area contributed by atoms with Crippen molar-refractivity contribution in [3.05, 3.63) is 69.7 Å². The number of hydrogen-bond acceptors (Lipinski definition) is 5. The van der Waals surface area contributed by atoms with Gasteiger partial charge in [-0.1, -0.05) is 34.7 Å². The summed E-state index contributed by atoms with van der Waals surface area (Å²) in [5, 5.41) is 2.24. The number of carbonyl (C=O) groups is 3. The molecule has 32 heavy (non-hydrogen) atoms. The molecule has 8 heteroatoms.